The number of nitrogens with zero attached hydrogens (tertiary/aromatic N) is 4. The maximum atomic E-state index is 9.25. The van der Waals surface area contributed by atoms with Gasteiger partial charge in [0, 0.05) is 31.7 Å². The Kier molecular flexibility index (Phi) is 4.52. The number of imidazole rings is 1. The molecule has 1 aliphatic heterocycles. The van der Waals surface area contributed by atoms with Gasteiger partial charge >= 0.3 is 0 Å². The monoisotopic (exact) mass is 347 g/mol. The second kappa shape index (κ2) is 6.97. The minimum atomic E-state index is 0.444. The van der Waals surface area contributed by atoms with Crippen molar-refractivity contribution >= 4 is 11.0 Å². The van der Waals surface area contributed by atoms with Crippen molar-refractivity contribution < 1.29 is 0 Å². The van der Waals surface area contributed by atoms with Crippen molar-refractivity contribution in [1.29, 1.82) is 5.26 Å². The third-order valence-corrected chi connectivity index (χ3v) is 5.44. The zero-order valence-electron chi connectivity index (χ0n) is 15.5. The zero-order chi connectivity index (χ0) is 18.1. The molecule has 1 fully saturated rings. The van der Waals surface area contributed by atoms with Gasteiger partial charge in [-0.1, -0.05) is 12.1 Å². The van der Waals surface area contributed by atoms with Crippen LogP contribution in [0.3, 0.4) is 0 Å². The topological polar surface area (TPSA) is 60.6 Å². The van der Waals surface area contributed by atoms with E-state index in [1.54, 1.807) is 0 Å². The highest BCUT2D eigenvalue weighted by atomic mass is 15.1. The molecule has 3 aromatic rings. The Labute approximate surface area is 154 Å². The number of aromatic amines is 1. The standard InChI is InChI=1S/C21H25N5/c1-3-26-13-16(10-18(26)11-22)12-25-9-5-7-17(14-25)21-23-19-8-4-6-15(2)20(19)24-21/h4,6,8,10,13,17H,3,5,7,9,12,14H2,1-2H3,(H,23,24). The Bertz CT molecular complexity index is 959. The SMILES string of the molecule is CCn1cc(CN2CCCC(c3nc4c(C)cccc4[nH]3)C2)cc1C#N. The Hall–Kier alpha value is -2.58. The summed E-state index contributed by atoms with van der Waals surface area (Å²) in [5.41, 5.74) is 5.44. The van der Waals surface area contributed by atoms with Crippen molar-refractivity contribution in [3.63, 3.8) is 0 Å². The molecular weight excluding hydrogens is 322 g/mol. The van der Waals surface area contributed by atoms with Crippen LogP contribution in [0.5, 0.6) is 0 Å². The Morgan fingerprint density at radius 3 is 3.00 bits per heavy atom. The van der Waals surface area contributed by atoms with E-state index in [1.807, 2.05) is 10.6 Å². The fourth-order valence-electron chi connectivity index (χ4n) is 4.08. The van der Waals surface area contributed by atoms with E-state index < -0.39 is 0 Å². The highest BCUT2D eigenvalue weighted by Gasteiger charge is 2.24. The van der Waals surface area contributed by atoms with E-state index in [4.69, 9.17) is 4.98 Å². The number of fused-ring (bicyclic) bond motifs is 1. The molecule has 26 heavy (non-hydrogen) atoms. The molecule has 134 valence electrons. The summed E-state index contributed by atoms with van der Waals surface area (Å²) < 4.78 is 2.03. The lowest BCUT2D eigenvalue weighted by molar-refractivity contribution is 0.197. The first kappa shape index (κ1) is 16.9. The summed E-state index contributed by atoms with van der Waals surface area (Å²) >= 11 is 0. The van der Waals surface area contributed by atoms with Gasteiger partial charge in [0.15, 0.2) is 0 Å². The molecular formula is C21H25N5. The van der Waals surface area contributed by atoms with E-state index in [0.717, 1.165) is 48.7 Å². The first-order valence-electron chi connectivity index (χ1n) is 9.44. The molecule has 0 amide bonds. The molecule has 0 spiro atoms. The minimum Gasteiger partial charge on any atom is -0.342 e. The second-order valence-corrected chi connectivity index (χ2v) is 7.30. The normalized spacial score (nSPS) is 18.3. The summed E-state index contributed by atoms with van der Waals surface area (Å²) in [4.78, 5) is 10.9. The van der Waals surface area contributed by atoms with Crippen LogP contribution in [0.25, 0.3) is 11.0 Å². The lowest BCUT2D eigenvalue weighted by atomic mass is 9.97. The van der Waals surface area contributed by atoms with Crippen LogP contribution >= 0.6 is 0 Å². The maximum Gasteiger partial charge on any atom is 0.120 e. The summed E-state index contributed by atoms with van der Waals surface area (Å²) in [5, 5.41) is 9.25. The largest absolute Gasteiger partial charge is 0.342 e. The summed E-state index contributed by atoms with van der Waals surface area (Å²) in [6.45, 7) is 8.05. The van der Waals surface area contributed by atoms with E-state index in [2.05, 4.69) is 54.2 Å². The number of para-hydroxylation sites is 1. The van der Waals surface area contributed by atoms with Crippen LogP contribution in [-0.4, -0.2) is 32.5 Å². The highest BCUT2D eigenvalue weighted by Crippen LogP contribution is 2.28. The Balaban J connectivity index is 1.51. The third kappa shape index (κ3) is 3.13. The van der Waals surface area contributed by atoms with Gasteiger partial charge in [0.1, 0.15) is 17.6 Å². The Morgan fingerprint density at radius 2 is 2.27 bits per heavy atom. The van der Waals surface area contributed by atoms with Crippen LogP contribution in [-0.2, 0) is 13.1 Å². The molecule has 1 N–H and O–H groups in total. The van der Waals surface area contributed by atoms with Crippen LogP contribution in [0.2, 0.25) is 0 Å². The molecule has 1 atom stereocenters. The molecule has 1 saturated heterocycles. The molecule has 0 aliphatic carbocycles. The third-order valence-electron chi connectivity index (χ3n) is 5.44. The summed E-state index contributed by atoms with van der Waals surface area (Å²) in [6.07, 6.45) is 4.47. The molecule has 4 rings (SSSR count). The van der Waals surface area contributed by atoms with Crippen LogP contribution in [0.15, 0.2) is 30.5 Å². The summed E-state index contributed by atoms with van der Waals surface area (Å²) in [5.74, 6) is 1.56. The average Bonchev–Trinajstić information content (AvgIpc) is 3.26. The molecule has 5 nitrogen and oxygen atoms in total. The number of nitrogens with one attached hydrogen (secondary N) is 1. The molecule has 1 aliphatic rings. The van der Waals surface area contributed by atoms with Gasteiger partial charge in [0.05, 0.1) is 11.0 Å². The van der Waals surface area contributed by atoms with Crippen molar-refractivity contribution in [2.24, 2.45) is 0 Å². The molecule has 2 aromatic heterocycles. The number of rotatable bonds is 4. The van der Waals surface area contributed by atoms with Gasteiger partial charge in [-0.2, -0.15) is 5.26 Å². The number of nitriles is 1. The number of hydrogen-bond donors (Lipinski definition) is 1. The smallest absolute Gasteiger partial charge is 0.120 e. The van der Waals surface area contributed by atoms with E-state index in [9.17, 15) is 5.26 Å². The molecule has 0 saturated carbocycles. The molecule has 1 aromatic carbocycles. The van der Waals surface area contributed by atoms with Gasteiger partial charge < -0.3 is 9.55 Å². The van der Waals surface area contributed by atoms with Crippen LogP contribution in [0, 0.1) is 18.3 Å². The van der Waals surface area contributed by atoms with Crippen molar-refractivity contribution in [3.8, 4) is 6.07 Å². The number of likely N-dealkylation sites (tertiary alicyclic amines) is 1. The van der Waals surface area contributed by atoms with Crippen molar-refractivity contribution in [2.45, 2.75) is 45.7 Å². The number of benzene rings is 1. The molecule has 1 unspecified atom stereocenters. The molecule has 3 heterocycles. The number of H-pyrrole nitrogens is 1. The maximum absolute atomic E-state index is 9.25. The van der Waals surface area contributed by atoms with Crippen molar-refractivity contribution in [1.82, 2.24) is 19.4 Å². The number of piperidine rings is 1. The van der Waals surface area contributed by atoms with Gasteiger partial charge in [-0.25, -0.2) is 4.98 Å². The van der Waals surface area contributed by atoms with Gasteiger partial charge in [-0.3, -0.25) is 4.90 Å². The van der Waals surface area contributed by atoms with Gasteiger partial charge in [-0.15, -0.1) is 0 Å². The van der Waals surface area contributed by atoms with E-state index >= 15 is 0 Å². The first-order chi connectivity index (χ1) is 12.7. The van der Waals surface area contributed by atoms with Crippen LogP contribution in [0.1, 0.15) is 48.3 Å². The quantitative estimate of drug-likeness (QED) is 0.777. The molecule has 0 bridgehead atoms. The number of aromatic nitrogens is 3. The number of aryl methyl sites for hydroxylation is 2. The summed E-state index contributed by atoms with van der Waals surface area (Å²) in [7, 11) is 0. The van der Waals surface area contributed by atoms with Crippen molar-refractivity contribution in [3.05, 3.63) is 53.1 Å². The van der Waals surface area contributed by atoms with Gasteiger partial charge in [0.2, 0.25) is 0 Å². The van der Waals surface area contributed by atoms with Crippen molar-refractivity contribution in [2.75, 3.05) is 13.1 Å². The number of hydrogen-bond acceptors (Lipinski definition) is 3. The van der Waals surface area contributed by atoms with Crippen LogP contribution in [0.4, 0.5) is 0 Å². The first-order valence-corrected chi connectivity index (χ1v) is 9.44. The van der Waals surface area contributed by atoms with Gasteiger partial charge in [0.25, 0.3) is 0 Å². The van der Waals surface area contributed by atoms with E-state index in [1.165, 1.54) is 24.0 Å². The summed E-state index contributed by atoms with van der Waals surface area (Å²) in [6, 6.07) is 10.6. The fourth-order valence-corrected chi connectivity index (χ4v) is 4.08. The Morgan fingerprint density at radius 1 is 1.38 bits per heavy atom. The van der Waals surface area contributed by atoms with Gasteiger partial charge in [-0.05, 0) is 56.5 Å². The minimum absolute atomic E-state index is 0.444. The predicted octanol–water partition coefficient (Wildman–Crippen LogP) is 3.94. The second-order valence-electron chi connectivity index (χ2n) is 7.30. The average molecular weight is 347 g/mol. The fraction of sp³-hybridized carbons (Fsp3) is 0.429. The molecule has 5 heteroatoms. The lowest BCUT2D eigenvalue weighted by Gasteiger charge is -2.31. The van der Waals surface area contributed by atoms with E-state index in [-0.39, 0.29) is 0 Å². The highest BCUT2D eigenvalue weighted by molar-refractivity contribution is 5.78. The predicted molar refractivity (Wildman–Crippen MR) is 103 cm³/mol. The molecule has 0 radical (unpaired) electrons. The van der Waals surface area contributed by atoms with Crippen LogP contribution < -0.4 is 0 Å². The zero-order valence-corrected chi connectivity index (χ0v) is 15.5. The van der Waals surface area contributed by atoms with E-state index in [0.29, 0.717) is 5.92 Å². The lowest BCUT2D eigenvalue weighted by Crippen LogP contribution is -2.34.